The van der Waals surface area contributed by atoms with Gasteiger partial charge in [0.15, 0.2) is 5.01 Å². The second-order valence-corrected chi connectivity index (χ2v) is 8.13. The molecular formula is C22H16F2N4O2S. The van der Waals surface area contributed by atoms with Gasteiger partial charge in [-0.3, -0.25) is 9.89 Å². The van der Waals surface area contributed by atoms with E-state index in [-0.39, 0.29) is 10.7 Å². The van der Waals surface area contributed by atoms with Crippen LogP contribution in [-0.4, -0.2) is 34.7 Å². The average Bonchev–Trinajstić information content (AvgIpc) is 3.40. The van der Waals surface area contributed by atoms with Gasteiger partial charge in [-0.15, -0.1) is 11.3 Å². The molecule has 0 aliphatic carbocycles. The highest BCUT2D eigenvalue weighted by Gasteiger charge is 2.26. The Morgan fingerprint density at radius 3 is 2.84 bits per heavy atom. The maximum absolute atomic E-state index is 14.1. The van der Waals surface area contributed by atoms with Gasteiger partial charge in [0.25, 0.3) is 5.91 Å². The summed E-state index contributed by atoms with van der Waals surface area (Å²) in [4.78, 5) is 19.6. The van der Waals surface area contributed by atoms with Gasteiger partial charge in [0, 0.05) is 41.7 Å². The van der Waals surface area contributed by atoms with Crippen molar-refractivity contribution in [3.63, 3.8) is 0 Å². The van der Waals surface area contributed by atoms with E-state index in [4.69, 9.17) is 4.74 Å². The van der Waals surface area contributed by atoms with Crippen LogP contribution in [0.2, 0.25) is 0 Å². The van der Waals surface area contributed by atoms with Crippen molar-refractivity contribution in [2.24, 2.45) is 0 Å². The Kier molecular flexibility index (Phi) is 4.74. The molecule has 0 bridgehead atoms. The molecule has 2 aromatic heterocycles. The first-order valence-corrected chi connectivity index (χ1v) is 10.3. The number of H-pyrrole nitrogens is 1. The lowest BCUT2D eigenvalue weighted by Crippen LogP contribution is -2.27. The van der Waals surface area contributed by atoms with E-state index in [1.54, 1.807) is 12.4 Å². The van der Waals surface area contributed by atoms with E-state index in [9.17, 15) is 13.6 Å². The Balaban J connectivity index is 1.50. The maximum atomic E-state index is 14.1. The Labute approximate surface area is 180 Å². The molecule has 0 saturated heterocycles. The van der Waals surface area contributed by atoms with Gasteiger partial charge in [0.1, 0.15) is 17.4 Å². The predicted octanol–water partition coefficient (Wildman–Crippen LogP) is 4.69. The zero-order chi connectivity index (χ0) is 21.5. The SMILES string of the molecule is CN(C(=O)c1nc2c(s1)CCOc1cc(-c3cn[nH]c3)ccc1-2)c1ccc(F)cc1F. The lowest BCUT2D eigenvalue weighted by molar-refractivity contribution is 0.0992. The summed E-state index contributed by atoms with van der Waals surface area (Å²) in [6.07, 6.45) is 4.13. The first kappa shape index (κ1) is 19.4. The monoisotopic (exact) mass is 438 g/mol. The third-order valence-electron chi connectivity index (χ3n) is 5.11. The second kappa shape index (κ2) is 7.59. The fourth-order valence-corrected chi connectivity index (χ4v) is 4.54. The van der Waals surface area contributed by atoms with E-state index in [0.717, 1.165) is 38.6 Å². The topological polar surface area (TPSA) is 71.1 Å². The van der Waals surface area contributed by atoms with Gasteiger partial charge >= 0.3 is 0 Å². The van der Waals surface area contributed by atoms with Gasteiger partial charge in [-0.05, 0) is 29.8 Å². The summed E-state index contributed by atoms with van der Waals surface area (Å²) >= 11 is 1.26. The van der Waals surface area contributed by atoms with E-state index in [1.165, 1.54) is 24.5 Å². The van der Waals surface area contributed by atoms with Gasteiger partial charge in [0.2, 0.25) is 0 Å². The summed E-state index contributed by atoms with van der Waals surface area (Å²) in [6, 6.07) is 8.89. The third-order valence-corrected chi connectivity index (χ3v) is 6.21. The number of thiazole rings is 1. The van der Waals surface area contributed by atoms with Crippen molar-refractivity contribution in [3.8, 4) is 28.1 Å². The van der Waals surface area contributed by atoms with Gasteiger partial charge in [-0.1, -0.05) is 6.07 Å². The average molecular weight is 438 g/mol. The van der Waals surface area contributed by atoms with E-state index >= 15 is 0 Å². The van der Waals surface area contributed by atoms with Crippen LogP contribution in [0.1, 0.15) is 14.7 Å². The van der Waals surface area contributed by atoms with Crippen LogP contribution in [0.15, 0.2) is 48.8 Å². The minimum atomic E-state index is -0.806. The highest BCUT2D eigenvalue weighted by atomic mass is 32.1. The van der Waals surface area contributed by atoms with Gasteiger partial charge < -0.3 is 9.64 Å². The van der Waals surface area contributed by atoms with Crippen LogP contribution in [0.25, 0.3) is 22.4 Å². The molecule has 9 heteroatoms. The number of carbonyl (C=O) groups is 1. The molecule has 0 unspecified atom stereocenters. The molecule has 31 heavy (non-hydrogen) atoms. The number of hydrogen-bond acceptors (Lipinski definition) is 5. The lowest BCUT2D eigenvalue weighted by atomic mass is 10.0. The number of carbonyl (C=O) groups excluding carboxylic acids is 1. The molecule has 6 nitrogen and oxygen atoms in total. The summed E-state index contributed by atoms with van der Waals surface area (Å²) < 4.78 is 33.3. The number of nitrogens with zero attached hydrogens (tertiary/aromatic N) is 3. The first-order chi connectivity index (χ1) is 15.0. The summed E-state index contributed by atoms with van der Waals surface area (Å²) in [7, 11) is 1.44. The molecule has 1 N–H and O–H groups in total. The van der Waals surface area contributed by atoms with Crippen molar-refractivity contribution in [2.75, 3.05) is 18.6 Å². The maximum Gasteiger partial charge on any atom is 0.287 e. The summed E-state index contributed by atoms with van der Waals surface area (Å²) in [5, 5.41) is 7.01. The molecular weight excluding hydrogens is 422 g/mol. The Morgan fingerprint density at radius 2 is 2.06 bits per heavy atom. The third kappa shape index (κ3) is 3.46. The molecule has 156 valence electrons. The van der Waals surface area contributed by atoms with Crippen molar-refractivity contribution >= 4 is 22.9 Å². The number of aromatic nitrogens is 3. The van der Waals surface area contributed by atoms with Crippen LogP contribution in [0.4, 0.5) is 14.5 Å². The van der Waals surface area contributed by atoms with E-state index in [1.807, 2.05) is 18.2 Å². The highest BCUT2D eigenvalue weighted by Crippen LogP contribution is 2.40. The zero-order valence-electron chi connectivity index (χ0n) is 16.4. The largest absolute Gasteiger partial charge is 0.492 e. The number of amides is 1. The van der Waals surface area contributed by atoms with Crippen molar-refractivity contribution in [1.82, 2.24) is 15.2 Å². The van der Waals surface area contributed by atoms with Crippen LogP contribution in [0.3, 0.4) is 0 Å². The number of rotatable bonds is 3. The number of aromatic amines is 1. The van der Waals surface area contributed by atoms with Crippen molar-refractivity contribution < 1.29 is 18.3 Å². The number of ether oxygens (including phenoxy) is 1. The van der Waals surface area contributed by atoms with Crippen molar-refractivity contribution in [2.45, 2.75) is 6.42 Å². The summed E-state index contributed by atoms with van der Waals surface area (Å²) in [6.45, 7) is 0.451. The van der Waals surface area contributed by atoms with Crippen LogP contribution in [-0.2, 0) is 6.42 Å². The summed E-state index contributed by atoms with van der Waals surface area (Å²) in [5.41, 5.74) is 3.37. The van der Waals surface area contributed by atoms with Gasteiger partial charge in [-0.2, -0.15) is 5.10 Å². The van der Waals surface area contributed by atoms with E-state index in [2.05, 4.69) is 15.2 Å². The number of halogens is 2. The zero-order valence-corrected chi connectivity index (χ0v) is 17.2. The quantitative estimate of drug-likeness (QED) is 0.504. The van der Waals surface area contributed by atoms with Crippen LogP contribution >= 0.6 is 11.3 Å². The smallest absolute Gasteiger partial charge is 0.287 e. The molecule has 4 aromatic rings. The van der Waals surface area contributed by atoms with E-state index in [0.29, 0.717) is 24.5 Å². The van der Waals surface area contributed by atoms with Crippen molar-refractivity contribution in [1.29, 1.82) is 0 Å². The van der Waals surface area contributed by atoms with Crippen LogP contribution in [0.5, 0.6) is 5.75 Å². The fourth-order valence-electron chi connectivity index (χ4n) is 3.51. The molecule has 1 amide bonds. The Hall–Kier alpha value is -3.59. The highest BCUT2D eigenvalue weighted by molar-refractivity contribution is 7.14. The van der Waals surface area contributed by atoms with Gasteiger partial charge in [-0.25, -0.2) is 13.8 Å². The second-order valence-electron chi connectivity index (χ2n) is 7.05. The normalized spacial score (nSPS) is 12.5. The molecule has 0 spiro atoms. The van der Waals surface area contributed by atoms with Gasteiger partial charge in [0.05, 0.1) is 24.2 Å². The molecule has 5 rings (SSSR count). The number of anilines is 1. The number of hydrogen-bond donors (Lipinski definition) is 1. The number of nitrogens with one attached hydrogen (secondary N) is 1. The molecule has 0 atom stereocenters. The molecule has 0 radical (unpaired) electrons. The number of benzene rings is 2. The standard InChI is InChI=1S/C22H16F2N4O2S/c1-28(17-5-3-14(23)9-16(17)24)22(29)21-27-20-15-4-2-12(13-10-25-26-11-13)8-18(15)30-7-6-19(20)31-21/h2-5,8-11H,6-7H2,1H3,(H,25,26). The first-order valence-electron chi connectivity index (χ1n) is 9.50. The fraction of sp³-hybridized carbons (Fsp3) is 0.136. The summed E-state index contributed by atoms with van der Waals surface area (Å²) in [5.74, 6) is -1.28. The molecule has 0 saturated carbocycles. The molecule has 2 aromatic carbocycles. The molecule has 1 aliphatic heterocycles. The minimum Gasteiger partial charge on any atom is -0.492 e. The van der Waals surface area contributed by atoms with Crippen LogP contribution < -0.4 is 9.64 Å². The lowest BCUT2D eigenvalue weighted by Gasteiger charge is -2.16. The van der Waals surface area contributed by atoms with Crippen LogP contribution in [0, 0.1) is 11.6 Å². The van der Waals surface area contributed by atoms with Crippen molar-refractivity contribution in [3.05, 3.63) is 70.3 Å². The van der Waals surface area contributed by atoms with E-state index < -0.39 is 17.5 Å². The Bertz CT molecular complexity index is 1290. The Morgan fingerprint density at radius 1 is 1.19 bits per heavy atom. The molecule has 3 heterocycles. The molecule has 0 fully saturated rings. The number of fused-ring (bicyclic) bond motifs is 3. The minimum absolute atomic E-state index is 0.00900. The molecule has 1 aliphatic rings. The predicted molar refractivity (Wildman–Crippen MR) is 113 cm³/mol.